The number of imidazole rings is 1. The minimum Gasteiger partial charge on any atom is -0.367 e. The summed E-state index contributed by atoms with van der Waals surface area (Å²) >= 11 is 6.10. The van der Waals surface area contributed by atoms with Gasteiger partial charge < -0.3 is 5.32 Å². The number of rotatable bonds is 5. The smallest absolute Gasteiger partial charge is 0.157 e. The van der Waals surface area contributed by atoms with Crippen molar-refractivity contribution in [2.45, 2.75) is 19.9 Å². The molecule has 0 aliphatic heterocycles. The molecule has 3 aromatic carbocycles. The Balaban J connectivity index is 1.75. The highest BCUT2D eigenvalue weighted by Gasteiger charge is 2.21. The highest BCUT2D eigenvalue weighted by atomic mass is 35.5. The van der Waals surface area contributed by atoms with Crippen molar-refractivity contribution in [1.29, 1.82) is 5.26 Å². The first kappa shape index (κ1) is 20.1. The van der Waals surface area contributed by atoms with E-state index in [1.807, 2.05) is 73.7 Å². The van der Waals surface area contributed by atoms with Gasteiger partial charge in [-0.1, -0.05) is 66.2 Å². The molecule has 0 atom stereocenters. The molecule has 4 nitrogen and oxygen atoms in total. The van der Waals surface area contributed by atoms with E-state index in [0.29, 0.717) is 29.2 Å². The van der Waals surface area contributed by atoms with Crippen LogP contribution in [0, 0.1) is 18.3 Å². The van der Waals surface area contributed by atoms with Gasteiger partial charge in [0.15, 0.2) is 5.65 Å². The molecule has 5 heteroatoms. The lowest BCUT2D eigenvalue weighted by Crippen LogP contribution is -2.11. The molecule has 5 aromatic rings. The van der Waals surface area contributed by atoms with Gasteiger partial charge in [-0.15, -0.1) is 0 Å². The van der Waals surface area contributed by atoms with E-state index in [-0.39, 0.29) is 0 Å². The molecule has 0 aliphatic rings. The number of fused-ring (bicyclic) bond motifs is 3. The molecule has 156 valence electrons. The minimum absolute atomic E-state index is 0.607. The van der Waals surface area contributed by atoms with E-state index in [1.165, 1.54) is 5.56 Å². The maximum absolute atomic E-state index is 10.0. The summed E-state index contributed by atoms with van der Waals surface area (Å²) in [5.41, 5.74) is 7.48. The van der Waals surface area contributed by atoms with Crippen molar-refractivity contribution in [2.24, 2.45) is 0 Å². The molecule has 0 saturated heterocycles. The summed E-state index contributed by atoms with van der Waals surface area (Å²) in [6.07, 6.45) is 0.678. The van der Waals surface area contributed by atoms with E-state index < -0.39 is 0 Å². The molecule has 0 amide bonds. The van der Waals surface area contributed by atoms with Crippen LogP contribution in [-0.4, -0.2) is 9.38 Å². The van der Waals surface area contributed by atoms with E-state index >= 15 is 0 Å². The average molecular weight is 437 g/mol. The number of anilines is 1. The first-order valence-electron chi connectivity index (χ1n) is 10.5. The van der Waals surface area contributed by atoms with Gasteiger partial charge in [0.1, 0.15) is 11.9 Å². The largest absolute Gasteiger partial charge is 0.367 e. The fourth-order valence-electron chi connectivity index (χ4n) is 4.18. The molecule has 5 rings (SSSR count). The van der Waals surface area contributed by atoms with Gasteiger partial charge >= 0.3 is 0 Å². The Morgan fingerprint density at radius 3 is 2.41 bits per heavy atom. The molecular formula is C27H21ClN4. The molecule has 2 heterocycles. The summed E-state index contributed by atoms with van der Waals surface area (Å²) < 4.78 is 2.09. The Hall–Kier alpha value is -3.81. The number of hydrogen-bond acceptors (Lipinski definition) is 3. The first-order chi connectivity index (χ1) is 15.7. The van der Waals surface area contributed by atoms with Crippen LogP contribution in [0.25, 0.3) is 16.7 Å². The van der Waals surface area contributed by atoms with E-state index in [9.17, 15) is 5.26 Å². The van der Waals surface area contributed by atoms with Crippen LogP contribution in [0.5, 0.6) is 0 Å². The van der Waals surface area contributed by atoms with Gasteiger partial charge in [0, 0.05) is 23.6 Å². The molecule has 0 aliphatic carbocycles. The predicted octanol–water partition coefficient (Wildman–Crippen LogP) is 6.52. The van der Waals surface area contributed by atoms with Crippen LogP contribution in [0.3, 0.4) is 0 Å². The number of benzene rings is 3. The molecule has 0 saturated carbocycles. The maximum atomic E-state index is 10.0. The van der Waals surface area contributed by atoms with Gasteiger partial charge in [-0.3, -0.25) is 4.40 Å². The van der Waals surface area contributed by atoms with Crippen molar-refractivity contribution in [3.63, 3.8) is 0 Å². The molecular weight excluding hydrogens is 416 g/mol. The normalized spacial score (nSPS) is 11.0. The standard InChI is InChI=1S/C27H21ClN4/c1-18-22(15-19-11-13-21(28)14-12-19)26(30-17-20-7-3-2-4-8-20)32-25-10-6-5-9-24(25)31-27(32)23(18)16-29/h2-14,30H,15,17H2,1H3. The Labute approximate surface area is 191 Å². The monoisotopic (exact) mass is 436 g/mol. The van der Waals surface area contributed by atoms with Crippen LogP contribution in [-0.2, 0) is 13.0 Å². The van der Waals surface area contributed by atoms with Crippen LogP contribution in [0.15, 0.2) is 78.9 Å². The lowest BCUT2D eigenvalue weighted by atomic mass is 9.97. The number of para-hydroxylation sites is 2. The van der Waals surface area contributed by atoms with Crippen LogP contribution in [0.1, 0.15) is 27.8 Å². The molecule has 2 aromatic heterocycles. The Bertz CT molecular complexity index is 1460. The Morgan fingerprint density at radius 1 is 0.938 bits per heavy atom. The summed E-state index contributed by atoms with van der Waals surface area (Å²) in [5, 5.41) is 14.4. The van der Waals surface area contributed by atoms with Crippen LogP contribution in [0.4, 0.5) is 5.82 Å². The zero-order valence-corrected chi connectivity index (χ0v) is 18.4. The molecule has 0 unspecified atom stereocenters. The quantitative estimate of drug-likeness (QED) is 0.341. The summed E-state index contributed by atoms with van der Waals surface area (Å²) in [5.74, 6) is 0.962. The van der Waals surface area contributed by atoms with Crippen molar-refractivity contribution < 1.29 is 0 Å². The summed E-state index contributed by atoms with van der Waals surface area (Å²) in [4.78, 5) is 4.81. The number of nitrogens with one attached hydrogen (secondary N) is 1. The van der Waals surface area contributed by atoms with Gasteiger partial charge in [-0.25, -0.2) is 4.98 Å². The number of nitrogens with zero attached hydrogens (tertiary/aromatic N) is 3. The van der Waals surface area contributed by atoms with Gasteiger partial charge in [0.05, 0.1) is 16.6 Å². The second-order valence-electron chi connectivity index (χ2n) is 7.84. The molecule has 0 fully saturated rings. The molecule has 32 heavy (non-hydrogen) atoms. The van der Waals surface area contributed by atoms with Crippen molar-refractivity contribution in [2.75, 3.05) is 5.32 Å². The third kappa shape index (κ3) is 3.57. The molecule has 0 spiro atoms. The van der Waals surface area contributed by atoms with E-state index in [1.54, 1.807) is 0 Å². The SMILES string of the molecule is Cc1c(Cc2ccc(Cl)cc2)c(NCc2ccccc2)n2c(nc3ccccc32)c1C#N. The Morgan fingerprint density at radius 2 is 1.66 bits per heavy atom. The van der Waals surface area contributed by atoms with Gasteiger partial charge in [0.25, 0.3) is 0 Å². The van der Waals surface area contributed by atoms with Gasteiger partial charge in [-0.05, 0) is 47.9 Å². The molecule has 1 N–H and O–H groups in total. The van der Waals surface area contributed by atoms with Gasteiger partial charge in [-0.2, -0.15) is 5.26 Å². The zero-order chi connectivity index (χ0) is 22.1. The fourth-order valence-corrected chi connectivity index (χ4v) is 4.30. The second kappa shape index (κ2) is 8.37. The average Bonchev–Trinajstić information content (AvgIpc) is 3.20. The van der Waals surface area contributed by atoms with E-state index in [2.05, 4.69) is 27.9 Å². The molecule has 0 bridgehead atoms. The summed E-state index contributed by atoms with van der Waals surface area (Å²) in [7, 11) is 0. The fraction of sp³-hybridized carbons (Fsp3) is 0.111. The third-order valence-corrected chi connectivity index (χ3v) is 6.08. The summed E-state index contributed by atoms with van der Waals surface area (Å²) in [6.45, 7) is 2.68. The number of halogens is 1. The van der Waals surface area contributed by atoms with Crippen molar-refractivity contribution >= 4 is 34.1 Å². The highest BCUT2D eigenvalue weighted by molar-refractivity contribution is 6.30. The van der Waals surface area contributed by atoms with Crippen molar-refractivity contribution in [1.82, 2.24) is 9.38 Å². The summed E-state index contributed by atoms with van der Waals surface area (Å²) in [6, 6.07) is 28.6. The van der Waals surface area contributed by atoms with E-state index in [4.69, 9.17) is 16.6 Å². The number of nitriles is 1. The van der Waals surface area contributed by atoms with Gasteiger partial charge in [0.2, 0.25) is 0 Å². The number of hydrogen-bond donors (Lipinski definition) is 1. The predicted molar refractivity (Wildman–Crippen MR) is 130 cm³/mol. The lowest BCUT2D eigenvalue weighted by Gasteiger charge is -2.19. The highest BCUT2D eigenvalue weighted by Crippen LogP contribution is 2.33. The first-order valence-corrected chi connectivity index (χ1v) is 10.9. The lowest BCUT2D eigenvalue weighted by molar-refractivity contribution is 1.03. The topological polar surface area (TPSA) is 53.1 Å². The maximum Gasteiger partial charge on any atom is 0.157 e. The molecule has 0 radical (unpaired) electrons. The van der Waals surface area contributed by atoms with Crippen LogP contribution < -0.4 is 5.32 Å². The van der Waals surface area contributed by atoms with Crippen LogP contribution in [0.2, 0.25) is 5.02 Å². The third-order valence-electron chi connectivity index (χ3n) is 5.83. The Kier molecular flexibility index (Phi) is 5.26. The minimum atomic E-state index is 0.607. The zero-order valence-electron chi connectivity index (χ0n) is 17.6. The second-order valence-corrected chi connectivity index (χ2v) is 8.28. The number of aromatic nitrogens is 2. The van der Waals surface area contributed by atoms with Crippen LogP contribution >= 0.6 is 11.6 Å². The van der Waals surface area contributed by atoms with Crippen molar-refractivity contribution in [3.05, 3.63) is 112 Å². The van der Waals surface area contributed by atoms with Crippen molar-refractivity contribution in [3.8, 4) is 6.07 Å². The number of pyridine rings is 1. The van der Waals surface area contributed by atoms with E-state index in [0.717, 1.165) is 33.5 Å².